The molecule has 100 valence electrons. The average molecular weight is 261 g/mol. The number of likely N-dealkylation sites (tertiary alicyclic amines) is 1. The van der Waals surface area contributed by atoms with Gasteiger partial charge in [-0.1, -0.05) is 13.3 Å². The Hall–Kier alpha value is -0.280. The number of amides is 1. The van der Waals surface area contributed by atoms with E-state index in [0.29, 0.717) is 11.9 Å². The van der Waals surface area contributed by atoms with E-state index in [2.05, 4.69) is 17.1 Å². The van der Waals surface area contributed by atoms with E-state index in [1.165, 1.54) is 32.1 Å². The number of carbonyl (C=O) groups is 1. The molecular formula is C13H25ClN2O. The van der Waals surface area contributed by atoms with Crippen molar-refractivity contribution in [3.63, 3.8) is 0 Å². The van der Waals surface area contributed by atoms with Crippen molar-refractivity contribution in [3.05, 3.63) is 0 Å². The van der Waals surface area contributed by atoms with Gasteiger partial charge in [0.1, 0.15) is 0 Å². The Morgan fingerprint density at radius 3 is 2.53 bits per heavy atom. The van der Waals surface area contributed by atoms with Crippen molar-refractivity contribution in [2.45, 2.75) is 51.5 Å². The lowest BCUT2D eigenvalue weighted by atomic mass is 9.94. The van der Waals surface area contributed by atoms with Gasteiger partial charge in [0.25, 0.3) is 0 Å². The van der Waals surface area contributed by atoms with Gasteiger partial charge in [-0.05, 0) is 38.1 Å². The lowest BCUT2D eigenvalue weighted by Gasteiger charge is -2.32. The molecule has 2 aliphatic rings. The van der Waals surface area contributed by atoms with Gasteiger partial charge < -0.3 is 10.2 Å². The third kappa shape index (κ3) is 4.14. The predicted octanol–water partition coefficient (Wildman–Crippen LogP) is 2.20. The van der Waals surface area contributed by atoms with Gasteiger partial charge in [-0.15, -0.1) is 12.4 Å². The quantitative estimate of drug-likeness (QED) is 0.844. The minimum absolute atomic E-state index is 0. The molecule has 2 heterocycles. The van der Waals surface area contributed by atoms with Crippen LogP contribution in [0.15, 0.2) is 0 Å². The van der Waals surface area contributed by atoms with Crippen molar-refractivity contribution in [3.8, 4) is 0 Å². The van der Waals surface area contributed by atoms with Crippen molar-refractivity contribution in [1.29, 1.82) is 0 Å². The third-order valence-corrected chi connectivity index (χ3v) is 4.13. The molecule has 0 bridgehead atoms. The maximum absolute atomic E-state index is 12.0. The molecule has 2 fully saturated rings. The van der Waals surface area contributed by atoms with Gasteiger partial charge in [0.15, 0.2) is 0 Å². The Labute approximate surface area is 111 Å². The van der Waals surface area contributed by atoms with Gasteiger partial charge in [0.05, 0.1) is 0 Å². The summed E-state index contributed by atoms with van der Waals surface area (Å²) in [6.45, 7) is 5.33. The van der Waals surface area contributed by atoms with Gasteiger partial charge in [-0.2, -0.15) is 0 Å². The zero-order valence-corrected chi connectivity index (χ0v) is 11.6. The highest BCUT2D eigenvalue weighted by Gasteiger charge is 2.24. The molecule has 1 atom stereocenters. The van der Waals surface area contributed by atoms with E-state index in [4.69, 9.17) is 0 Å². The molecule has 0 radical (unpaired) electrons. The molecule has 0 aromatic rings. The molecular weight excluding hydrogens is 236 g/mol. The average Bonchev–Trinajstić information content (AvgIpc) is 2.82. The number of nitrogens with zero attached hydrogens (tertiary/aromatic N) is 1. The minimum atomic E-state index is 0. The van der Waals surface area contributed by atoms with Crippen LogP contribution >= 0.6 is 12.4 Å². The van der Waals surface area contributed by atoms with Crippen molar-refractivity contribution < 1.29 is 4.79 Å². The number of piperidine rings is 1. The maximum Gasteiger partial charge on any atom is 0.224 e. The molecule has 3 nitrogen and oxygen atoms in total. The fourth-order valence-corrected chi connectivity index (χ4v) is 2.86. The second-order valence-electron chi connectivity index (χ2n) is 5.23. The molecule has 0 saturated carbocycles. The Kier molecular flexibility index (Phi) is 6.28. The Balaban J connectivity index is 0.00000144. The van der Waals surface area contributed by atoms with E-state index < -0.39 is 0 Å². The topological polar surface area (TPSA) is 32.3 Å². The van der Waals surface area contributed by atoms with Crippen LogP contribution in [-0.2, 0) is 4.79 Å². The van der Waals surface area contributed by atoms with E-state index in [-0.39, 0.29) is 12.4 Å². The molecule has 2 aliphatic heterocycles. The molecule has 0 aromatic carbocycles. The molecule has 0 aliphatic carbocycles. The van der Waals surface area contributed by atoms with Crippen LogP contribution in [0.1, 0.15) is 45.4 Å². The van der Waals surface area contributed by atoms with Crippen molar-refractivity contribution in [1.82, 2.24) is 10.2 Å². The number of rotatable bonds is 3. The second kappa shape index (κ2) is 7.22. The molecule has 2 rings (SSSR count). The van der Waals surface area contributed by atoms with Crippen LogP contribution in [0.5, 0.6) is 0 Å². The first-order valence-electron chi connectivity index (χ1n) is 6.80. The highest BCUT2D eigenvalue weighted by molar-refractivity contribution is 5.85. The molecule has 0 aromatic heterocycles. The smallest absolute Gasteiger partial charge is 0.224 e. The number of halogens is 1. The fourth-order valence-electron chi connectivity index (χ4n) is 2.86. The number of hydrogen-bond donors (Lipinski definition) is 1. The summed E-state index contributed by atoms with van der Waals surface area (Å²) in [7, 11) is 0. The van der Waals surface area contributed by atoms with Crippen molar-refractivity contribution >= 4 is 18.3 Å². The second-order valence-corrected chi connectivity index (χ2v) is 5.23. The van der Waals surface area contributed by atoms with Gasteiger partial charge in [-0.3, -0.25) is 4.79 Å². The van der Waals surface area contributed by atoms with E-state index in [1.807, 2.05) is 0 Å². The van der Waals surface area contributed by atoms with Gasteiger partial charge in [0, 0.05) is 25.6 Å². The first-order valence-corrected chi connectivity index (χ1v) is 6.80. The van der Waals surface area contributed by atoms with Crippen LogP contribution in [0.2, 0.25) is 0 Å². The molecule has 17 heavy (non-hydrogen) atoms. The highest BCUT2D eigenvalue weighted by Crippen LogP contribution is 2.21. The normalized spacial score (nSPS) is 25.7. The predicted molar refractivity (Wildman–Crippen MR) is 72.5 cm³/mol. The van der Waals surface area contributed by atoms with Gasteiger partial charge in [-0.25, -0.2) is 0 Å². The molecule has 1 amide bonds. The van der Waals surface area contributed by atoms with Gasteiger partial charge in [0.2, 0.25) is 5.91 Å². The minimum Gasteiger partial charge on any atom is -0.343 e. The van der Waals surface area contributed by atoms with Crippen molar-refractivity contribution in [2.24, 2.45) is 5.92 Å². The molecule has 2 saturated heterocycles. The molecule has 4 heteroatoms. The summed E-state index contributed by atoms with van der Waals surface area (Å²) < 4.78 is 0. The lowest BCUT2D eigenvalue weighted by Crippen LogP contribution is -2.40. The van der Waals surface area contributed by atoms with Crippen LogP contribution in [0, 0.1) is 5.92 Å². The Morgan fingerprint density at radius 1 is 1.29 bits per heavy atom. The summed E-state index contributed by atoms with van der Waals surface area (Å²) in [5.41, 5.74) is 0. The summed E-state index contributed by atoms with van der Waals surface area (Å²) in [5.74, 6) is 1.22. The summed E-state index contributed by atoms with van der Waals surface area (Å²) in [6, 6.07) is 0.455. The summed E-state index contributed by atoms with van der Waals surface area (Å²) in [6.07, 6.45) is 6.82. The zero-order chi connectivity index (χ0) is 11.4. The van der Waals surface area contributed by atoms with E-state index >= 15 is 0 Å². The molecule has 0 spiro atoms. The summed E-state index contributed by atoms with van der Waals surface area (Å²) in [4.78, 5) is 14.1. The third-order valence-electron chi connectivity index (χ3n) is 4.13. The highest BCUT2D eigenvalue weighted by atomic mass is 35.5. The number of carbonyl (C=O) groups excluding carboxylic acids is 1. The van der Waals surface area contributed by atoms with E-state index in [0.717, 1.165) is 32.0 Å². The largest absolute Gasteiger partial charge is 0.343 e. The zero-order valence-electron chi connectivity index (χ0n) is 10.8. The number of nitrogens with one attached hydrogen (secondary N) is 1. The van der Waals surface area contributed by atoms with Crippen molar-refractivity contribution in [2.75, 3.05) is 19.6 Å². The molecule has 1 unspecified atom stereocenters. The fraction of sp³-hybridized carbons (Fsp3) is 0.923. The van der Waals surface area contributed by atoms with Crippen LogP contribution in [-0.4, -0.2) is 36.5 Å². The van der Waals surface area contributed by atoms with E-state index in [9.17, 15) is 4.79 Å². The maximum atomic E-state index is 12.0. The monoisotopic (exact) mass is 260 g/mol. The van der Waals surface area contributed by atoms with Gasteiger partial charge >= 0.3 is 0 Å². The molecule has 1 N–H and O–H groups in total. The Bertz CT molecular complexity index is 234. The van der Waals surface area contributed by atoms with Crippen LogP contribution in [0.4, 0.5) is 0 Å². The number of hydrogen-bond acceptors (Lipinski definition) is 2. The van der Waals surface area contributed by atoms with Crippen LogP contribution in [0.25, 0.3) is 0 Å². The van der Waals surface area contributed by atoms with Crippen LogP contribution in [0.3, 0.4) is 0 Å². The lowest BCUT2D eigenvalue weighted by molar-refractivity contribution is -0.133. The first-order chi connectivity index (χ1) is 7.79. The Morgan fingerprint density at radius 2 is 2.00 bits per heavy atom. The SMILES string of the molecule is CCC1CCN(C(=O)CC2CCCN2)CC1.Cl. The first kappa shape index (κ1) is 14.8. The van der Waals surface area contributed by atoms with Crippen LogP contribution < -0.4 is 5.32 Å². The standard InChI is InChI=1S/C13H24N2O.ClH/c1-2-11-5-8-15(9-6-11)13(16)10-12-4-3-7-14-12;/h11-12,14H,2-10H2,1H3;1H. The summed E-state index contributed by atoms with van der Waals surface area (Å²) in [5, 5.41) is 3.40. The van der Waals surface area contributed by atoms with E-state index in [1.54, 1.807) is 0 Å². The summed E-state index contributed by atoms with van der Waals surface area (Å²) >= 11 is 0.